The van der Waals surface area contributed by atoms with Gasteiger partial charge >= 0.3 is 0 Å². The smallest absolute Gasteiger partial charge is 0.255 e. The van der Waals surface area contributed by atoms with E-state index in [4.69, 9.17) is 0 Å². The zero-order valence-electron chi connectivity index (χ0n) is 19.3. The third-order valence-corrected chi connectivity index (χ3v) is 7.02. The summed E-state index contributed by atoms with van der Waals surface area (Å²) >= 11 is 4.28. The number of anilines is 1. The molecular weight excluding hydrogens is 458 g/mol. The van der Waals surface area contributed by atoms with Crippen LogP contribution < -0.4 is 10.5 Å². The number of rotatable bonds is 5. The van der Waals surface area contributed by atoms with E-state index in [0.717, 1.165) is 57.3 Å². The summed E-state index contributed by atoms with van der Waals surface area (Å²) < 4.78 is 3.53. The zero-order valence-corrected chi connectivity index (χ0v) is 20.2. The van der Waals surface area contributed by atoms with Crippen LogP contribution in [0.3, 0.4) is 0 Å². The summed E-state index contributed by atoms with van der Waals surface area (Å²) in [5.74, 6) is 0.605. The quantitative estimate of drug-likeness (QED) is 0.293. The molecule has 1 aliphatic rings. The van der Waals surface area contributed by atoms with Crippen LogP contribution in [0.1, 0.15) is 12.0 Å². The molecule has 1 atom stereocenters. The Labute approximate surface area is 207 Å². The van der Waals surface area contributed by atoms with Crippen LogP contribution in [-0.2, 0) is 13.5 Å². The van der Waals surface area contributed by atoms with Gasteiger partial charge in [0.15, 0.2) is 0 Å². The minimum Gasteiger partial charge on any atom is -0.374 e. The van der Waals surface area contributed by atoms with Gasteiger partial charge in [-0.25, -0.2) is 0 Å². The SMILES string of the molecule is Cn1cc(-c2ccc3ncc4ccc(=O)n(-c5ccc6c(c5)N(C(O)CCS)CC6)c4c3c2)cn1. The van der Waals surface area contributed by atoms with E-state index in [-0.39, 0.29) is 5.56 Å². The standard InChI is InChI=1S/C27H25N5O2S/c1-30-16-20(15-29-30)18-3-6-23-22(12-18)27-19(14-28-23)4-7-26(34)32(27)21-5-2-17-8-10-31(24(17)13-21)25(33)9-11-35/h2-7,12-16,25,33,35H,8-11H2,1H3. The van der Waals surface area contributed by atoms with Crippen molar-refractivity contribution in [2.24, 2.45) is 7.05 Å². The van der Waals surface area contributed by atoms with Gasteiger partial charge in [0.2, 0.25) is 0 Å². The molecule has 2 aromatic carbocycles. The van der Waals surface area contributed by atoms with Gasteiger partial charge in [-0.15, -0.1) is 0 Å². The fraction of sp³-hybridized carbons (Fsp3) is 0.222. The number of aryl methyl sites for hydroxylation is 1. The van der Waals surface area contributed by atoms with Crippen molar-refractivity contribution in [3.05, 3.63) is 83.0 Å². The van der Waals surface area contributed by atoms with E-state index in [1.165, 1.54) is 5.56 Å². The molecule has 0 radical (unpaired) electrons. The van der Waals surface area contributed by atoms with Gasteiger partial charge in [-0.05, 0) is 53.6 Å². The maximum absolute atomic E-state index is 13.3. The van der Waals surface area contributed by atoms with Gasteiger partial charge in [0.1, 0.15) is 6.23 Å². The lowest BCUT2D eigenvalue weighted by Crippen LogP contribution is -2.34. The van der Waals surface area contributed by atoms with Crippen LogP contribution in [0.5, 0.6) is 0 Å². The Balaban J connectivity index is 1.59. The van der Waals surface area contributed by atoms with Gasteiger partial charge in [-0.1, -0.05) is 12.1 Å². The van der Waals surface area contributed by atoms with Crippen LogP contribution >= 0.6 is 12.6 Å². The van der Waals surface area contributed by atoms with Crippen molar-refractivity contribution in [1.82, 2.24) is 19.3 Å². The third kappa shape index (κ3) is 3.69. The second-order valence-corrected chi connectivity index (χ2v) is 9.40. The second kappa shape index (κ2) is 8.55. The number of hydrogen-bond acceptors (Lipinski definition) is 6. The van der Waals surface area contributed by atoms with E-state index in [1.807, 2.05) is 60.9 Å². The van der Waals surface area contributed by atoms with E-state index in [0.29, 0.717) is 12.2 Å². The first kappa shape index (κ1) is 21.9. The molecule has 1 aliphatic heterocycles. The molecule has 0 saturated carbocycles. The van der Waals surface area contributed by atoms with E-state index in [9.17, 15) is 9.90 Å². The van der Waals surface area contributed by atoms with E-state index >= 15 is 0 Å². The number of thiol groups is 1. The summed E-state index contributed by atoms with van der Waals surface area (Å²) in [5, 5.41) is 16.7. The Morgan fingerprint density at radius 3 is 2.77 bits per heavy atom. The van der Waals surface area contributed by atoms with E-state index < -0.39 is 6.23 Å². The second-order valence-electron chi connectivity index (χ2n) is 8.95. The molecule has 176 valence electrons. The topological polar surface area (TPSA) is 76.2 Å². The molecule has 0 saturated heterocycles. The molecule has 0 amide bonds. The Morgan fingerprint density at radius 2 is 1.97 bits per heavy atom. The predicted molar refractivity (Wildman–Crippen MR) is 143 cm³/mol. The number of benzene rings is 2. The van der Waals surface area contributed by atoms with Crippen LogP contribution in [0, 0.1) is 0 Å². The van der Waals surface area contributed by atoms with Crippen LogP contribution in [-0.4, -0.2) is 43.0 Å². The summed E-state index contributed by atoms with van der Waals surface area (Å²) in [4.78, 5) is 20.0. The van der Waals surface area contributed by atoms with Gasteiger partial charge in [0, 0.05) is 60.5 Å². The molecule has 0 fully saturated rings. The molecule has 8 heteroatoms. The van der Waals surface area contributed by atoms with Gasteiger partial charge in [-0.2, -0.15) is 17.7 Å². The third-order valence-electron chi connectivity index (χ3n) is 6.76. The maximum atomic E-state index is 13.3. The number of fused-ring (bicyclic) bond motifs is 4. The lowest BCUT2D eigenvalue weighted by Gasteiger charge is -2.26. The lowest BCUT2D eigenvalue weighted by molar-refractivity contribution is 0.168. The molecule has 1 N–H and O–H groups in total. The molecule has 3 aromatic heterocycles. The fourth-order valence-electron chi connectivity index (χ4n) is 5.03. The lowest BCUT2D eigenvalue weighted by atomic mass is 10.0. The average Bonchev–Trinajstić information content (AvgIpc) is 3.49. The van der Waals surface area contributed by atoms with Crippen molar-refractivity contribution >= 4 is 40.1 Å². The minimum atomic E-state index is -0.597. The van der Waals surface area contributed by atoms with Gasteiger partial charge in [-0.3, -0.25) is 19.0 Å². The van der Waals surface area contributed by atoms with Crippen molar-refractivity contribution in [3.63, 3.8) is 0 Å². The number of hydrogen-bond donors (Lipinski definition) is 2. The summed E-state index contributed by atoms with van der Waals surface area (Å²) in [5.41, 5.74) is 6.44. The van der Waals surface area contributed by atoms with E-state index in [1.54, 1.807) is 15.3 Å². The molecule has 0 bridgehead atoms. The largest absolute Gasteiger partial charge is 0.374 e. The molecule has 6 rings (SSSR count). The van der Waals surface area contributed by atoms with Gasteiger partial charge < -0.3 is 10.0 Å². The number of aliphatic hydroxyl groups excluding tert-OH is 1. The maximum Gasteiger partial charge on any atom is 0.255 e. The average molecular weight is 484 g/mol. The van der Waals surface area contributed by atoms with Crippen LogP contribution in [0.4, 0.5) is 5.69 Å². The highest BCUT2D eigenvalue weighted by atomic mass is 32.1. The predicted octanol–water partition coefficient (Wildman–Crippen LogP) is 3.94. The first-order valence-electron chi connectivity index (χ1n) is 11.7. The van der Waals surface area contributed by atoms with Crippen LogP contribution in [0.15, 0.2) is 71.9 Å². The molecule has 0 spiro atoms. The molecule has 35 heavy (non-hydrogen) atoms. The highest BCUT2D eigenvalue weighted by Crippen LogP contribution is 2.34. The summed E-state index contributed by atoms with van der Waals surface area (Å²) in [7, 11) is 1.89. The first-order valence-corrected chi connectivity index (χ1v) is 12.3. The number of aromatic nitrogens is 4. The Kier molecular flexibility index (Phi) is 5.35. The molecule has 7 nitrogen and oxygen atoms in total. The van der Waals surface area contributed by atoms with E-state index in [2.05, 4.69) is 34.8 Å². The number of aliphatic hydroxyl groups is 1. The van der Waals surface area contributed by atoms with Gasteiger partial charge in [0.25, 0.3) is 5.56 Å². The monoisotopic (exact) mass is 483 g/mol. The van der Waals surface area contributed by atoms with Crippen LogP contribution in [0.25, 0.3) is 38.6 Å². The Hall–Kier alpha value is -3.62. The first-order chi connectivity index (χ1) is 17.0. The number of nitrogens with zero attached hydrogens (tertiary/aromatic N) is 5. The van der Waals surface area contributed by atoms with Crippen molar-refractivity contribution in [1.29, 1.82) is 0 Å². The summed E-state index contributed by atoms with van der Waals surface area (Å²) in [6, 6.07) is 15.6. The van der Waals surface area contributed by atoms with Crippen molar-refractivity contribution in [2.75, 3.05) is 17.2 Å². The fourth-order valence-corrected chi connectivity index (χ4v) is 5.26. The normalized spacial score (nSPS) is 14.1. The van der Waals surface area contributed by atoms with Crippen LogP contribution in [0.2, 0.25) is 0 Å². The summed E-state index contributed by atoms with van der Waals surface area (Å²) in [6.07, 6.45) is 6.46. The number of pyridine rings is 2. The molecular formula is C27H25N5O2S. The molecule has 4 heterocycles. The Morgan fingerprint density at radius 1 is 1.09 bits per heavy atom. The van der Waals surface area contributed by atoms with Crippen molar-refractivity contribution < 1.29 is 5.11 Å². The zero-order chi connectivity index (χ0) is 24.1. The highest BCUT2D eigenvalue weighted by molar-refractivity contribution is 7.80. The summed E-state index contributed by atoms with van der Waals surface area (Å²) in [6.45, 7) is 0.749. The Bertz CT molecular complexity index is 1640. The van der Waals surface area contributed by atoms with Crippen molar-refractivity contribution in [3.8, 4) is 16.8 Å². The van der Waals surface area contributed by atoms with Gasteiger partial charge in [0.05, 0.1) is 22.9 Å². The van der Waals surface area contributed by atoms with Crippen molar-refractivity contribution in [2.45, 2.75) is 19.1 Å². The minimum absolute atomic E-state index is 0.114. The molecule has 0 aliphatic carbocycles. The molecule has 1 unspecified atom stereocenters. The highest BCUT2D eigenvalue weighted by Gasteiger charge is 2.25. The molecule has 5 aromatic rings.